The zero-order valence-electron chi connectivity index (χ0n) is 17.3. The first-order valence-corrected chi connectivity index (χ1v) is 10.6. The fraction of sp³-hybridized carbons (Fsp3) is 0.682. The maximum atomic E-state index is 5.66. The molecule has 150 valence electrons. The van der Waals surface area contributed by atoms with Gasteiger partial charge in [0.1, 0.15) is 0 Å². The van der Waals surface area contributed by atoms with Gasteiger partial charge < -0.3 is 15.0 Å². The van der Waals surface area contributed by atoms with Gasteiger partial charge in [-0.3, -0.25) is 4.90 Å². The smallest absolute Gasteiger partial charge is 0.194 e. The van der Waals surface area contributed by atoms with E-state index in [9.17, 15) is 0 Å². The summed E-state index contributed by atoms with van der Waals surface area (Å²) in [5.41, 5.74) is 3.01. The molecule has 2 heterocycles. The van der Waals surface area contributed by atoms with Gasteiger partial charge in [-0.25, -0.2) is 4.99 Å². The highest BCUT2D eigenvalue weighted by atomic mass is 16.5. The molecule has 1 N–H and O–H groups in total. The molecule has 2 saturated heterocycles. The van der Waals surface area contributed by atoms with E-state index in [0.717, 1.165) is 65.0 Å². The van der Waals surface area contributed by atoms with Gasteiger partial charge in [0.05, 0.1) is 13.2 Å². The number of rotatable bonds is 7. The highest BCUT2D eigenvalue weighted by Crippen LogP contribution is 2.38. The molecule has 0 saturated carbocycles. The summed E-state index contributed by atoms with van der Waals surface area (Å²) >= 11 is 0. The Labute approximate surface area is 164 Å². The van der Waals surface area contributed by atoms with Gasteiger partial charge in [0.15, 0.2) is 5.96 Å². The molecule has 27 heavy (non-hydrogen) atoms. The molecule has 0 aliphatic carbocycles. The van der Waals surface area contributed by atoms with Crippen LogP contribution in [0.15, 0.2) is 29.3 Å². The van der Waals surface area contributed by atoms with Crippen LogP contribution in [0.4, 0.5) is 0 Å². The summed E-state index contributed by atoms with van der Waals surface area (Å²) in [7, 11) is 0. The van der Waals surface area contributed by atoms with Crippen molar-refractivity contribution in [2.24, 2.45) is 10.4 Å². The molecule has 5 nitrogen and oxygen atoms in total. The van der Waals surface area contributed by atoms with Crippen LogP contribution in [-0.4, -0.2) is 61.7 Å². The SMILES string of the molecule is CCNC(=NCc1ccc(CN(CC)CC)cc1)N1CCC2(CCOC2)C1. The quantitative estimate of drug-likeness (QED) is 0.590. The number of hydrogen-bond donors (Lipinski definition) is 1. The molecular formula is C22H36N4O. The van der Waals surface area contributed by atoms with Crippen molar-refractivity contribution in [1.29, 1.82) is 0 Å². The third-order valence-electron chi connectivity index (χ3n) is 5.99. The largest absolute Gasteiger partial charge is 0.381 e. The molecule has 0 bridgehead atoms. The summed E-state index contributed by atoms with van der Waals surface area (Å²) in [5.74, 6) is 1.05. The van der Waals surface area contributed by atoms with Gasteiger partial charge >= 0.3 is 0 Å². The van der Waals surface area contributed by atoms with Crippen molar-refractivity contribution in [2.45, 2.75) is 46.7 Å². The summed E-state index contributed by atoms with van der Waals surface area (Å²) < 4.78 is 5.66. The Morgan fingerprint density at radius 1 is 1.15 bits per heavy atom. The first-order chi connectivity index (χ1) is 13.2. The Morgan fingerprint density at radius 3 is 2.52 bits per heavy atom. The number of hydrogen-bond acceptors (Lipinski definition) is 3. The minimum absolute atomic E-state index is 0.363. The second kappa shape index (κ2) is 9.56. The van der Waals surface area contributed by atoms with Crippen LogP contribution in [0, 0.1) is 5.41 Å². The molecule has 0 amide bonds. The monoisotopic (exact) mass is 372 g/mol. The Morgan fingerprint density at radius 2 is 1.89 bits per heavy atom. The standard InChI is InChI=1S/C22H36N4O/c1-4-23-21(26-13-11-22(17-26)12-14-27-18-22)24-15-19-7-9-20(10-8-19)16-25(5-2)6-3/h7-10H,4-6,11-18H2,1-3H3,(H,23,24). The van der Waals surface area contributed by atoms with E-state index in [1.807, 2.05) is 0 Å². The Bertz CT molecular complexity index is 603. The summed E-state index contributed by atoms with van der Waals surface area (Å²) in [6.45, 7) is 15.4. The van der Waals surface area contributed by atoms with Crippen LogP contribution >= 0.6 is 0 Å². The molecular weight excluding hydrogens is 336 g/mol. The Balaban J connectivity index is 1.60. The lowest BCUT2D eigenvalue weighted by Gasteiger charge is -2.25. The molecule has 1 atom stereocenters. The third kappa shape index (κ3) is 5.23. The lowest BCUT2D eigenvalue weighted by molar-refractivity contribution is 0.156. The topological polar surface area (TPSA) is 40.1 Å². The van der Waals surface area contributed by atoms with Gasteiger partial charge in [-0.2, -0.15) is 0 Å². The zero-order chi connectivity index (χ0) is 19.1. The fourth-order valence-electron chi connectivity index (χ4n) is 4.13. The van der Waals surface area contributed by atoms with Crippen LogP contribution < -0.4 is 5.32 Å². The van der Waals surface area contributed by atoms with Gasteiger partial charge in [-0.05, 0) is 44.0 Å². The molecule has 0 aromatic heterocycles. The molecule has 3 rings (SSSR count). The van der Waals surface area contributed by atoms with Gasteiger partial charge in [0.2, 0.25) is 0 Å². The van der Waals surface area contributed by atoms with Crippen LogP contribution in [0.1, 0.15) is 44.7 Å². The summed E-state index contributed by atoms with van der Waals surface area (Å²) in [4.78, 5) is 9.78. The van der Waals surface area contributed by atoms with Crippen molar-refractivity contribution in [3.63, 3.8) is 0 Å². The number of likely N-dealkylation sites (tertiary alicyclic amines) is 1. The van der Waals surface area contributed by atoms with Crippen molar-refractivity contribution in [3.8, 4) is 0 Å². The average molecular weight is 373 g/mol. The fourth-order valence-corrected chi connectivity index (χ4v) is 4.13. The second-order valence-electron chi connectivity index (χ2n) is 7.92. The van der Waals surface area contributed by atoms with Crippen molar-refractivity contribution >= 4 is 5.96 Å². The molecule has 1 aromatic rings. The van der Waals surface area contributed by atoms with Gasteiger partial charge in [-0.1, -0.05) is 38.1 Å². The molecule has 2 fully saturated rings. The summed E-state index contributed by atoms with van der Waals surface area (Å²) in [6.07, 6.45) is 2.41. The van der Waals surface area contributed by atoms with Crippen molar-refractivity contribution in [1.82, 2.24) is 15.1 Å². The molecule has 1 unspecified atom stereocenters. The predicted molar refractivity (Wildman–Crippen MR) is 112 cm³/mol. The Kier molecular flexibility index (Phi) is 7.13. The van der Waals surface area contributed by atoms with Gasteiger partial charge in [-0.15, -0.1) is 0 Å². The summed E-state index contributed by atoms with van der Waals surface area (Å²) in [6, 6.07) is 8.94. The van der Waals surface area contributed by atoms with Crippen molar-refractivity contribution in [3.05, 3.63) is 35.4 Å². The van der Waals surface area contributed by atoms with E-state index in [4.69, 9.17) is 9.73 Å². The maximum Gasteiger partial charge on any atom is 0.194 e. The highest BCUT2D eigenvalue weighted by molar-refractivity contribution is 5.80. The van der Waals surface area contributed by atoms with E-state index in [-0.39, 0.29) is 0 Å². The Hall–Kier alpha value is -1.59. The van der Waals surface area contributed by atoms with Crippen molar-refractivity contribution < 1.29 is 4.74 Å². The van der Waals surface area contributed by atoms with Crippen LogP contribution in [-0.2, 0) is 17.8 Å². The van der Waals surface area contributed by atoms with Crippen LogP contribution in [0.5, 0.6) is 0 Å². The molecule has 0 radical (unpaired) electrons. The van der Waals surface area contributed by atoms with Crippen molar-refractivity contribution in [2.75, 3.05) is 45.9 Å². The lowest BCUT2D eigenvalue weighted by Crippen LogP contribution is -2.41. The number of benzene rings is 1. The normalized spacial score (nSPS) is 23.0. The number of ether oxygens (including phenoxy) is 1. The predicted octanol–water partition coefficient (Wildman–Crippen LogP) is 3.11. The minimum atomic E-state index is 0.363. The first kappa shape index (κ1) is 20.2. The van der Waals surface area contributed by atoms with Crippen LogP contribution in [0.25, 0.3) is 0 Å². The van der Waals surface area contributed by atoms with Crippen LogP contribution in [0.3, 0.4) is 0 Å². The van der Waals surface area contributed by atoms with E-state index in [2.05, 4.69) is 60.2 Å². The van der Waals surface area contributed by atoms with E-state index >= 15 is 0 Å². The molecule has 2 aliphatic heterocycles. The number of nitrogens with one attached hydrogen (secondary N) is 1. The zero-order valence-corrected chi connectivity index (χ0v) is 17.3. The highest BCUT2D eigenvalue weighted by Gasteiger charge is 2.42. The van der Waals surface area contributed by atoms with E-state index < -0.39 is 0 Å². The minimum Gasteiger partial charge on any atom is -0.381 e. The number of nitrogens with zero attached hydrogens (tertiary/aromatic N) is 3. The second-order valence-corrected chi connectivity index (χ2v) is 7.92. The molecule has 1 aromatic carbocycles. The third-order valence-corrected chi connectivity index (χ3v) is 5.99. The maximum absolute atomic E-state index is 5.66. The first-order valence-electron chi connectivity index (χ1n) is 10.6. The van der Waals surface area contributed by atoms with E-state index in [0.29, 0.717) is 5.41 Å². The van der Waals surface area contributed by atoms with Gasteiger partial charge in [0.25, 0.3) is 0 Å². The number of guanidine groups is 1. The summed E-state index contributed by atoms with van der Waals surface area (Å²) in [5, 5.41) is 3.48. The van der Waals surface area contributed by atoms with Crippen LogP contribution in [0.2, 0.25) is 0 Å². The molecule has 5 heteroatoms. The van der Waals surface area contributed by atoms with E-state index in [1.165, 1.54) is 24.0 Å². The average Bonchev–Trinajstić information content (AvgIpc) is 3.34. The molecule has 2 aliphatic rings. The molecule has 1 spiro atoms. The number of aliphatic imine (C=N–C) groups is 1. The van der Waals surface area contributed by atoms with Gasteiger partial charge in [0, 0.05) is 38.2 Å². The lowest BCUT2D eigenvalue weighted by atomic mass is 9.87. The van der Waals surface area contributed by atoms with E-state index in [1.54, 1.807) is 0 Å².